The first-order valence-corrected chi connectivity index (χ1v) is 12.9. The summed E-state index contributed by atoms with van der Waals surface area (Å²) in [6.07, 6.45) is 3.33. The van der Waals surface area contributed by atoms with E-state index in [9.17, 15) is 4.79 Å². The molecule has 2 aliphatic rings. The molecule has 0 unspecified atom stereocenters. The molecular weight excluding hydrogens is 492 g/mol. The maximum Gasteiger partial charge on any atom is 0.283 e. The van der Waals surface area contributed by atoms with E-state index in [0.717, 1.165) is 29.2 Å². The predicted octanol–water partition coefficient (Wildman–Crippen LogP) is 4.90. The highest BCUT2D eigenvalue weighted by Gasteiger charge is 2.35. The lowest BCUT2D eigenvalue weighted by Gasteiger charge is -2.20. The monoisotopic (exact) mass is 522 g/mol. The molecule has 9 nitrogen and oxygen atoms in total. The number of hydrogen-bond acceptors (Lipinski definition) is 8. The van der Waals surface area contributed by atoms with Crippen LogP contribution in [-0.4, -0.2) is 60.5 Å². The van der Waals surface area contributed by atoms with Gasteiger partial charge in [0, 0.05) is 0 Å². The fourth-order valence-electron chi connectivity index (χ4n) is 3.64. The number of hydrazone groups is 1. The van der Waals surface area contributed by atoms with Gasteiger partial charge in [-0.25, -0.2) is 0 Å². The third-order valence-corrected chi connectivity index (χ3v) is 6.40. The Morgan fingerprint density at radius 3 is 2.62 bits per heavy atom. The van der Waals surface area contributed by atoms with Gasteiger partial charge in [-0.05, 0) is 73.0 Å². The number of thioether (sulfide) groups is 1. The highest BCUT2D eigenvalue weighted by molar-refractivity contribution is 8.26. The van der Waals surface area contributed by atoms with Gasteiger partial charge in [0.2, 0.25) is 5.17 Å². The van der Waals surface area contributed by atoms with Gasteiger partial charge >= 0.3 is 0 Å². The Labute approximate surface area is 220 Å². The lowest BCUT2D eigenvalue weighted by atomic mass is 10.1. The van der Waals surface area contributed by atoms with Gasteiger partial charge in [0.1, 0.15) is 24.0 Å². The Balaban J connectivity index is 1.30. The normalized spacial score (nSPS) is 16.0. The molecular formula is C27H30N4O5S. The Hall–Kier alpha value is -3.63. The van der Waals surface area contributed by atoms with Crippen molar-refractivity contribution in [1.82, 2.24) is 5.01 Å². The molecule has 0 aromatic heterocycles. The maximum absolute atomic E-state index is 12.6. The number of methoxy groups -OCH3 is 1. The number of hydrogen-bond donors (Lipinski definition) is 1. The van der Waals surface area contributed by atoms with E-state index in [1.165, 1.54) is 16.8 Å². The van der Waals surface area contributed by atoms with E-state index in [0.29, 0.717) is 48.7 Å². The zero-order valence-electron chi connectivity index (χ0n) is 21.2. The molecule has 10 heteroatoms. The summed E-state index contributed by atoms with van der Waals surface area (Å²) in [7, 11) is 1.55. The predicted molar refractivity (Wildman–Crippen MR) is 146 cm³/mol. The number of ether oxygens (including phenoxy) is 4. The second-order valence-electron chi connectivity index (χ2n) is 8.30. The van der Waals surface area contributed by atoms with Crippen molar-refractivity contribution >= 4 is 39.8 Å². The van der Waals surface area contributed by atoms with E-state index < -0.39 is 5.91 Å². The van der Waals surface area contributed by atoms with Gasteiger partial charge in [0.15, 0.2) is 17.3 Å². The fourth-order valence-corrected chi connectivity index (χ4v) is 4.63. The highest BCUT2D eigenvalue weighted by atomic mass is 32.2. The molecule has 2 heterocycles. The number of carbonyl (C=O) groups is 1. The Morgan fingerprint density at radius 2 is 1.86 bits per heavy atom. The van der Waals surface area contributed by atoms with Crippen LogP contribution in [0.1, 0.15) is 30.9 Å². The first-order valence-electron chi connectivity index (χ1n) is 12.1. The Kier molecular flexibility index (Phi) is 8.97. The minimum absolute atomic E-state index is 0.0106. The molecule has 0 aliphatic carbocycles. The number of amidine groups is 2. The third kappa shape index (κ3) is 6.78. The second kappa shape index (κ2) is 12.6. The number of nitrogens with one attached hydrogen (secondary N) is 1. The average Bonchev–Trinajstić information content (AvgIpc) is 3.29. The topological polar surface area (TPSA) is 106 Å². The fraction of sp³-hybridized carbons (Fsp3) is 0.333. The van der Waals surface area contributed by atoms with Crippen molar-refractivity contribution in [2.75, 3.05) is 33.5 Å². The third-order valence-electron chi connectivity index (χ3n) is 5.43. The van der Waals surface area contributed by atoms with Crippen LogP contribution in [0.3, 0.4) is 0 Å². The van der Waals surface area contributed by atoms with Crippen LogP contribution in [-0.2, 0) is 9.53 Å². The largest absolute Gasteiger partial charge is 0.493 e. The van der Waals surface area contributed by atoms with Crippen molar-refractivity contribution in [2.24, 2.45) is 10.1 Å². The number of benzene rings is 2. The summed E-state index contributed by atoms with van der Waals surface area (Å²) in [5, 5.41) is 15.6. The van der Waals surface area contributed by atoms with Crippen molar-refractivity contribution in [2.45, 2.75) is 26.7 Å². The van der Waals surface area contributed by atoms with Crippen LogP contribution in [0.2, 0.25) is 0 Å². The maximum atomic E-state index is 12.6. The summed E-state index contributed by atoms with van der Waals surface area (Å²) in [5.41, 5.74) is 2.00. The molecule has 0 bridgehead atoms. The molecule has 0 fully saturated rings. The van der Waals surface area contributed by atoms with E-state index in [2.05, 4.69) is 17.0 Å². The van der Waals surface area contributed by atoms with E-state index >= 15 is 0 Å². The van der Waals surface area contributed by atoms with E-state index in [4.69, 9.17) is 24.4 Å². The number of aliphatic imine (C=N–C) groups is 1. The quantitative estimate of drug-likeness (QED) is 0.312. The van der Waals surface area contributed by atoms with Crippen molar-refractivity contribution in [3.05, 3.63) is 59.2 Å². The molecule has 1 N–H and O–H groups in total. The molecule has 4 rings (SSSR count). The molecule has 1 amide bonds. The molecule has 0 spiro atoms. The summed E-state index contributed by atoms with van der Waals surface area (Å²) in [5.74, 6) is 1.44. The summed E-state index contributed by atoms with van der Waals surface area (Å²) in [6.45, 7) is 5.72. The standard InChI is InChI=1S/C27H30N4O5S/c1-4-6-24-30-31-25(28)21(26(32)29-27(31)37-24)16-19-9-10-22(23(17-19)33-3)36-14-12-34-11-13-35-20-8-5-7-18(2)15-20/h5,7-10,15-17,28H,4,6,11-14H2,1-3H3/b21-16-,28-25?. The smallest absolute Gasteiger partial charge is 0.283 e. The minimum atomic E-state index is -0.459. The van der Waals surface area contributed by atoms with Crippen LogP contribution >= 0.6 is 11.8 Å². The van der Waals surface area contributed by atoms with E-state index in [1.807, 2.05) is 31.2 Å². The van der Waals surface area contributed by atoms with Crippen LogP contribution in [0.5, 0.6) is 17.2 Å². The van der Waals surface area contributed by atoms with Gasteiger partial charge in [0.05, 0.1) is 25.9 Å². The molecule has 0 radical (unpaired) electrons. The summed E-state index contributed by atoms with van der Waals surface area (Å²) >= 11 is 1.34. The summed E-state index contributed by atoms with van der Waals surface area (Å²) in [6, 6.07) is 13.2. The van der Waals surface area contributed by atoms with Crippen LogP contribution in [0, 0.1) is 12.3 Å². The molecule has 0 saturated carbocycles. The van der Waals surface area contributed by atoms with Crippen molar-refractivity contribution in [1.29, 1.82) is 5.41 Å². The number of rotatable bonds is 12. The van der Waals surface area contributed by atoms with E-state index in [-0.39, 0.29) is 11.4 Å². The summed E-state index contributed by atoms with van der Waals surface area (Å²) in [4.78, 5) is 16.7. The number of nitrogens with zero attached hydrogens (tertiary/aromatic N) is 3. The van der Waals surface area contributed by atoms with Crippen molar-refractivity contribution in [3.63, 3.8) is 0 Å². The minimum Gasteiger partial charge on any atom is -0.493 e. The van der Waals surface area contributed by atoms with Crippen LogP contribution in [0.25, 0.3) is 6.08 Å². The van der Waals surface area contributed by atoms with E-state index in [1.54, 1.807) is 31.4 Å². The second-order valence-corrected chi connectivity index (χ2v) is 9.34. The summed E-state index contributed by atoms with van der Waals surface area (Å²) < 4.78 is 22.6. The average molecular weight is 523 g/mol. The first kappa shape index (κ1) is 26.4. The van der Waals surface area contributed by atoms with Crippen molar-refractivity contribution in [3.8, 4) is 17.2 Å². The van der Waals surface area contributed by atoms with Gasteiger partial charge in [0.25, 0.3) is 5.91 Å². The number of carbonyl (C=O) groups excluding carboxylic acids is 1. The SMILES string of the molecule is CCCC1=NN2C(=N)/C(=C/c3ccc(OCCOCCOc4cccc(C)c4)c(OC)c3)C(=O)N=C2S1. The van der Waals surface area contributed by atoms with Gasteiger partial charge in [-0.3, -0.25) is 10.2 Å². The lowest BCUT2D eigenvalue weighted by molar-refractivity contribution is -0.114. The molecule has 2 aliphatic heterocycles. The Bertz CT molecular complexity index is 1260. The highest BCUT2D eigenvalue weighted by Crippen LogP contribution is 2.32. The molecule has 2 aromatic rings. The van der Waals surface area contributed by atoms with Gasteiger partial charge in [-0.15, -0.1) is 0 Å². The molecule has 194 valence electrons. The van der Waals surface area contributed by atoms with Gasteiger partial charge < -0.3 is 18.9 Å². The molecule has 0 atom stereocenters. The number of amides is 1. The van der Waals surface area contributed by atoms with Gasteiger partial charge in [-0.2, -0.15) is 15.1 Å². The zero-order valence-corrected chi connectivity index (χ0v) is 22.0. The molecule has 2 aromatic carbocycles. The van der Waals surface area contributed by atoms with Crippen LogP contribution in [0.15, 0.2) is 58.1 Å². The van der Waals surface area contributed by atoms with Crippen LogP contribution < -0.4 is 14.2 Å². The molecule has 37 heavy (non-hydrogen) atoms. The molecule has 0 saturated heterocycles. The van der Waals surface area contributed by atoms with Crippen LogP contribution in [0.4, 0.5) is 0 Å². The van der Waals surface area contributed by atoms with Gasteiger partial charge in [-0.1, -0.05) is 25.1 Å². The van der Waals surface area contributed by atoms with Crippen molar-refractivity contribution < 1.29 is 23.7 Å². The zero-order chi connectivity index (χ0) is 26.2. The first-order chi connectivity index (χ1) is 18.0. The lowest BCUT2D eigenvalue weighted by Crippen LogP contribution is -2.35. The number of fused-ring (bicyclic) bond motifs is 1. The number of aryl methyl sites for hydroxylation is 1. The Morgan fingerprint density at radius 1 is 1.05 bits per heavy atom.